The zero-order chi connectivity index (χ0) is 14.5. The molecule has 1 heterocycles. The number of carbonyl (C=O) groups excluding carboxylic acids is 1. The quantitative estimate of drug-likeness (QED) is 0.921. The lowest BCUT2D eigenvalue weighted by atomic mass is 10.1. The van der Waals surface area contributed by atoms with E-state index >= 15 is 0 Å². The van der Waals surface area contributed by atoms with Gasteiger partial charge in [-0.05, 0) is 24.1 Å². The first-order chi connectivity index (χ1) is 9.54. The van der Waals surface area contributed by atoms with Crippen LogP contribution in [0.3, 0.4) is 0 Å². The predicted molar refractivity (Wildman–Crippen MR) is 75.9 cm³/mol. The van der Waals surface area contributed by atoms with E-state index < -0.39 is 0 Å². The van der Waals surface area contributed by atoms with Crippen molar-refractivity contribution in [2.75, 3.05) is 6.54 Å². The molecule has 5 nitrogen and oxygen atoms in total. The first kappa shape index (κ1) is 14.8. The largest absolute Gasteiger partial charge is 0.355 e. The highest BCUT2D eigenvalue weighted by Crippen LogP contribution is 2.20. The monoisotopic (exact) mass is 313 g/mol. The maximum atomic E-state index is 11.7. The summed E-state index contributed by atoms with van der Waals surface area (Å²) in [6.07, 6.45) is 0.735. The van der Waals surface area contributed by atoms with Gasteiger partial charge in [0.05, 0.1) is 6.42 Å². The van der Waals surface area contributed by atoms with E-state index in [4.69, 9.17) is 27.7 Å². The molecule has 0 aliphatic rings. The molecule has 0 radical (unpaired) electrons. The molecular weight excluding hydrogens is 301 g/mol. The smallest absolute Gasteiger partial charge is 0.227 e. The Balaban J connectivity index is 1.79. The molecule has 0 saturated carbocycles. The number of hydrogen-bond donors (Lipinski definition) is 1. The van der Waals surface area contributed by atoms with Crippen LogP contribution in [-0.4, -0.2) is 22.6 Å². The molecule has 0 aliphatic carbocycles. The number of aromatic nitrogens is 2. The third-order valence-electron chi connectivity index (χ3n) is 2.62. The van der Waals surface area contributed by atoms with E-state index in [-0.39, 0.29) is 12.3 Å². The van der Waals surface area contributed by atoms with E-state index in [1.807, 2.05) is 6.07 Å². The van der Waals surface area contributed by atoms with Crippen molar-refractivity contribution < 1.29 is 9.32 Å². The number of nitrogens with zero attached hydrogens (tertiary/aromatic N) is 2. The molecule has 106 valence electrons. The summed E-state index contributed by atoms with van der Waals surface area (Å²) in [6.45, 7) is 2.16. The zero-order valence-electron chi connectivity index (χ0n) is 10.8. The highest BCUT2D eigenvalue weighted by molar-refractivity contribution is 6.35. The van der Waals surface area contributed by atoms with Gasteiger partial charge < -0.3 is 9.84 Å². The van der Waals surface area contributed by atoms with Gasteiger partial charge in [-0.3, -0.25) is 4.79 Å². The minimum Gasteiger partial charge on any atom is -0.355 e. The molecule has 1 aromatic carbocycles. The van der Waals surface area contributed by atoms with Crippen LogP contribution < -0.4 is 5.32 Å². The third-order valence-corrected chi connectivity index (χ3v) is 3.21. The molecule has 0 bridgehead atoms. The fourth-order valence-electron chi connectivity index (χ4n) is 1.68. The summed E-state index contributed by atoms with van der Waals surface area (Å²) >= 11 is 11.9. The molecule has 20 heavy (non-hydrogen) atoms. The normalized spacial score (nSPS) is 10.6. The van der Waals surface area contributed by atoms with E-state index in [1.165, 1.54) is 0 Å². The van der Waals surface area contributed by atoms with Crippen molar-refractivity contribution >= 4 is 29.1 Å². The van der Waals surface area contributed by atoms with E-state index in [0.717, 1.165) is 5.56 Å². The van der Waals surface area contributed by atoms with Crippen molar-refractivity contribution in [3.05, 3.63) is 45.5 Å². The van der Waals surface area contributed by atoms with Gasteiger partial charge in [-0.25, -0.2) is 0 Å². The number of halogens is 2. The number of aryl methyl sites for hydroxylation is 1. The average molecular weight is 314 g/mol. The molecule has 2 rings (SSSR count). The summed E-state index contributed by atoms with van der Waals surface area (Å²) in [5, 5.41) is 7.63. The third kappa shape index (κ3) is 4.21. The minimum absolute atomic E-state index is 0.103. The Kier molecular flexibility index (Phi) is 4.98. The van der Waals surface area contributed by atoms with Gasteiger partial charge in [-0.1, -0.05) is 34.4 Å². The molecule has 0 aliphatic heterocycles. The Bertz CT molecular complexity index is 613. The second-order valence-corrected chi connectivity index (χ2v) is 5.09. The van der Waals surface area contributed by atoms with Crippen LogP contribution in [0.15, 0.2) is 22.7 Å². The Morgan fingerprint density at radius 1 is 1.40 bits per heavy atom. The standard InChI is InChI=1S/C13H13Cl2N3O2/c1-8-17-12(18-20-8)7-13(19)16-5-4-9-2-3-10(14)6-11(9)15/h2-3,6H,4-5,7H2,1H3,(H,16,19). The molecule has 1 aromatic heterocycles. The average Bonchev–Trinajstić information content (AvgIpc) is 2.77. The van der Waals surface area contributed by atoms with Crippen molar-refractivity contribution in [2.45, 2.75) is 19.8 Å². The van der Waals surface area contributed by atoms with Crippen LogP contribution >= 0.6 is 23.2 Å². The maximum absolute atomic E-state index is 11.7. The molecule has 0 saturated heterocycles. The molecule has 0 atom stereocenters. The van der Waals surface area contributed by atoms with Crippen LogP contribution in [-0.2, 0) is 17.6 Å². The molecule has 0 spiro atoms. The van der Waals surface area contributed by atoms with Crippen LogP contribution in [0, 0.1) is 6.92 Å². The molecule has 1 N–H and O–H groups in total. The molecule has 1 amide bonds. The zero-order valence-corrected chi connectivity index (χ0v) is 12.3. The van der Waals surface area contributed by atoms with Gasteiger partial charge in [0.25, 0.3) is 0 Å². The summed E-state index contributed by atoms with van der Waals surface area (Å²) in [5.74, 6) is 0.668. The van der Waals surface area contributed by atoms with E-state index in [1.54, 1.807) is 19.1 Å². The van der Waals surface area contributed by atoms with Crippen molar-refractivity contribution in [3.8, 4) is 0 Å². The Labute approximate surface area is 126 Å². The molecule has 0 unspecified atom stereocenters. The second-order valence-electron chi connectivity index (χ2n) is 4.24. The van der Waals surface area contributed by atoms with Crippen molar-refractivity contribution in [1.82, 2.24) is 15.5 Å². The SMILES string of the molecule is Cc1nc(CC(=O)NCCc2ccc(Cl)cc2Cl)no1. The Hall–Kier alpha value is -1.59. The summed E-state index contributed by atoms with van der Waals surface area (Å²) in [6, 6.07) is 5.30. The van der Waals surface area contributed by atoms with Crippen molar-refractivity contribution in [2.24, 2.45) is 0 Å². The van der Waals surface area contributed by atoms with Crippen LogP contribution in [0.4, 0.5) is 0 Å². The lowest BCUT2D eigenvalue weighted by molar-refractivity contribution is -0.120. The van der Waals surface area contributed by atoms with E-state index in [0.29, 0.717) is 34.7 Å². The first-order valence-electron chi connectivity index (χ1n) is 6.04. The Morgan fingerprint density at radius 2 is 2.20 bits per heavy atom. The maximum Gasteiger partial charge on any atom is 0.227 e. The van der Waals surface area contributed by atoms with Crippen LogP contribution in [0.5, 0.6) is 0 Å². The summed E-state index contributed by atoms with van der Waals surface area (Å²) in [7, 11) is 0. The lowest BCUT2D eigenvalue weighted by Crippen LogP contribution is -2.27. The van der Waals surface area contributed by atoms with Gasteiger partial charge in [0, 0.05) is 23.5 Å². The van der Waals surface area contributed by atoms with E-state index in [9.17, 15) is 4.79 Å². The van der Waals surface area contributed by atoms with Crippen LogP contribution in [0.2, 0.25) is 10.0 Å². The molecule has 2 aromatic rings. The van der Waals surface area contributed by atoms with Gasteiger partial charge in [0.2, 0.25) is 11.8 Å². The number of rotatable bonds is 5. The number of carbonyl (C=O) groups is 1. The predicted octanol–water partition coefficient (Wildman–Crippen LogP) is 2.59. The van der Waals surface area contributed by atoms with E-state index in [2.05, 4.69) is 15.5 Å². The topological polar surface area (TPSA) is 68.0 Å². The fraction of sp³-hybridized carbons (Fsp3) is 0.308. The minimum atomic E-state index is -0.157. The molecular formula is C13H13Cl2N3O2. The number of benzene rings is 1. The van der Waals surface area contributed by atoms with Gasteiger partial charge in [0.1, 0.15) is 0 Å². The summed E-state index contributed by atoms with van der Waals surface area (Å²) in [4.78, 5) is 15.6. The highest BCUT2D eigenvalue weighted by atomic mass is 35.5. The van der Waals surface area contributed by atoms with Gasteiger partial charge in [0.15, 0.2) is 5.82 Å². The second kappa shape index (κ2) is 6.72. The first-order valence-corrected chi connectivity index (χ1v) is 6.80. The van der Waals surface area contributed by atoms with Gasteiger partial charge >= 0.3 is 0 Å². The summed E-state index contributed by atoms with van der Waals surface area (Å²) < 4.78 is 4.80. The van der Waals surface area contributed by atoms with Crippen molar-refractivity contribution in [1.29, 1.82) is 0 Å². The fourth-order valence-corrected chi connectivity index (χ4v) is 2.18. The highest BCUT2D eigenvalue weighted by Gasteiger charge is 2.09. The molecule has 0 fully saturated rings. The van der Waals surface area contributed by atoms with Crippen LogP contribution in [0.1, 0.15) is 17.3 Å². The van der Waals surface area contributed by atoms with Gasteiger partial charge in [-0.15, -0.1) is 0 Å². The number of nitrogens with one attached hydrogen (secondary N) is 1. The van der Waals surface area contributed by atoms with Crippen LogP contribution in [0.25, 0.3) is 0 Å². The number of amides is 1. The summed E-state index contributed by atoms with van der Waals surface area (Å²) in [5.41, 5.74) is 0.937. The lowest BCUT2D eigenvalue weighted by Gasteiger charge is -2.06. The Morgan fingerprint density at radius 3 is 2.85 bits per heavy atom. The van der Waals surface area contributed by atoms with Gasteiger partial charge in [-0.2, -0.15) is 4.98 Å². The molecule has 7 heteroatoms. The number of hydrogen-bond acceptors (Lipinski definition) is 4. The van der Waals surface area contributed by atoms with Crippen molar-refractivity contribution in [3.63, 3.8) is 0 Å².